The van der Waals surface area contributed by atoms with Gasteiger partial charge in [-0.1, -0.05) is 53.7 Å². The zero-order valence-electron chi connectivity index (χ0n) is 15.9. The number of carbonyl (C=O) groups is 1. The average molecular weight is 433 g/mol. The van der Waals surface area contributed by atoms with Gasteiger partial charge in [-0.2, -0.15) is 4.99 Å². The summed E-state index contributed by atoms with van der Waals surface area (Å²) in [7, 11) is -3.08. The van der Waals surface area contributed by atoms with Crippen LogP contribution in [0.25, 0.3) is 0 Å². The molecule has 2 aliphatic heterocycles. The van der Waals surface area contributed by atoms with Crippen molar-refractivity contribution in [1.82, 2.24) is 4.90 Å². The monoisotopic (exact) mass is 432 g/mol. The van der Waals surface area contributed by atoms with E-state index in [-0.39, 0.29) is 40.9 Å². The molecule has 0 aromatic heterocycles. The predicted octanol–water partition coefficient (Wildman–Crippen LogP) is 2.97. The summed E-state index contributed by atoms with van der Waals surface area (Å²) >= 11 is 1.37. The Morgan fingerprint density at radius 1 is 1.10 bits per heavy atom. The minimum Gasteiger partial charge on any atom is -0.342 e. The van der Waals surface area contributed by atoms with E-state index in [1.54, 1.807) is 12.1 Å². The minimum atomic E-state index is -3.08. The quantitative estimate of drug-likeness (QED) is 0.743. The summed E-state index contributed by atoms with van der Waals surface area (Å²) in [5.74, 6) is -0.479. The average Bonchev–Trinajstić information content (AvgIpc) is 3.11. The SMILES string of the molecule is Cc1ccc(CN2C(=NC(=O)Cc3ccc(F)cc3)SC3CS(=O)(=O)CC32)cc1. The van der Waals surface area contributed by atoms with Gasteiger partial charge in [0.15, 0.2) is 15.0 Å². The number of aliphatic imine (C=N–C) groups is 1. The lowest BCUT2D eigenvalue weighted by molar-refractivity contribution is -0.117. The highest BCUT2D eigenvalue weighted by Gasteiger charge is 2.48. The number of amidine groups is 1. The van der Waals surface area contributed by atoms with Gasteiger partial charge in [-0.15, -0.1) is 0 Å². The van der Waals surface area contributed by atoms with Crippen LogP contribution in [0.3, 0.4) is 0 Å². The molecular weight excluding hydrogens is 411 g/mol. The van der Waals surface area contributed by atoms with Crippen molar-refractivity contribution in [2.45, 2.75) is 31.2 Å². The first-order valence-electron chi connectivity index (χ1n) is 9.34. The second kappa shape index (κ2) is 7.91. The Morgan fingerprint density at radius 2 is 1.76 bits per heavy atom. The van der Waals surface area contributed by atoms with Crippen LogP contribution in [0.1, 0.15) is 16.7 Å². The van der Waals surface area contributed by atoms with E-state index < -0.39 is 9.84 Å². The van der Waals surface area contributed by atoms with Crippen LogP contribution < -0.4 is 0 Å². The largest absolute Gasteiger partial charge is 0.342 e. The van der Waals surface area contributed by atoms with Crippen LogP contribution in [0.5, 0.6) is 0 Å². The Hall–Kier alpha value is -2.19. The van der Waals surface area contributed by atoms with Gasteiger partial charge in [0.05, 0.1) is 24.0 Å². The molecule has 0 spiro atoms. The minimum absolute atomic E-state index is 0.0797. The first kappa shape index (κ1) is 20.1. The van der Waals surface area contributed by atoms with Gasteiger partial charge in [-0.3, -0.25) is 4.79 Å². The highest BCUT2D eigenvalue weighted by Crippen LogP contribution is 2.39. The Kier molecular flexibility index (Phi) is 5.48. The molecule has 8 heteroatoms. The maximum Gasteiger partial charge on any atom is 0.252 e. The third-order valence-corrected chi connectivity index (χ3v) is 8.38. The molecule has 2 saturated heterocycles. The van der Waals surface area contributed by atoms with Crippen LogP contribution >= 0.6 is 11.8 Å². The van der Waals surface area contributed by atoms with Crippen molar-refractivity contribution in [3.63, 3.8) is 0 Å². The first-order valence-corrected chi connectivity index (χ1v) is 12.0. The van der Waals surface area contributed by atoms with Crippen molar-refractivity contribution in [1.29, 1.82) is 0 Å². The van der Waals surface area contributed by atoms with Gasteiger partial charge >= 0.3 is 0 Å². The van der Waals surface area contributed by atoms with Crippen molar-refractivity contribution in [3.8, 4) is 0 Å². The molecule has 2 heterocycles. The number of rotatable bonds is 4. The molecule has 0 N–H and O–H groups in total. The van der Waals surface area contributed by atoms with E-state index in [1.807, 2.05) is 36.1 Å². The van der Waals surface area contributed by atoms with E-state index in [0.717, 1.165) is 11.1 Å². The highest BCUT2D eigenvalue weighted by molar-refractivity contribution is 8.15. The summed E-state index contributed by atoms with van der Waals surface area (Å²) in [6, 6.07) is 13.6. The molecule has 0 bridgehead atoms. The Labute approximate surface area is 173 Å². The van der Waals surface area contributed by atoms with Crippen LogP contribution in [0.4, 0.5) is 4.39 Å². The molecule has 4 rings (SSSR count). The molecule has 2 atom stereocenters. The summed E-state index contributed by atoms with van der Waals surface area (Å²) in [6.07, 6.45) is 0.0797. The fraction of sp³-hybridized carbons (Fsp3) is 0.333. The summed E-state index contributed by atoms with van der Waals surface area (Å²) in [5.41, 5.74) is 2.88. The number of nitrogens with zero attached hydrogens (tertiary/aromatic N) is 2. The van der Waals surface area contributed by atoms with Crippen molar-refractivity contribution in [3.05, 3.63) is 71.0 Å². The highest BCUT2D eigenvalue weighted by atomic mass is 32.2. The van der Waals surface area contributed by atoms with Crippen molar-refractivity contribution in [2.24, 2.45) is 4.99 Å². The summed E-state index contributed by atoms with van der Waals surface area (Å²) < 4.78 is 37.3. The third kappa shape index (κ3) is 4.70. The van der Waals surface area contributed by atoms with Crippen LogP contribution in [0.15, 0.2) is 53.5 Å². The second-order valence-electron chi connectivity index (χ2n) is 7.51. The van der Waals surface area contributed by atoms with Crippen LogP contribution in [-0.2, 0) is 27.6 Å². The zero-order chi connectivity index (χ0) is 20.6. The molecule has 0 saturated carbocycles. The third-order valence-electron chi connectivity index (χ3n) is 5.14. The summed E-state index contributed by atoms with van der Waals surface area (Å²) in [4.78, 5) is 18.8. The summed E-state index contributed by atoms with van der Waals surface area (Å²) in [6.45, 7) is 2.52. The molecule has 2 aromatic rings. The Bertz CT molecular complexity index is 1050. The Balaban J connectivity index is 1.56. The number of hydrogen-bond acceptors (Lipinski definition) is 4. The fourth-order valence-electron chi connectivity index (χ4n) is 3.63. The molecule has 152 valence electrons. The van der Waals surface area contributed by atoms with Crippen molar-refractivity contribution in [2.75, 3.05) is 11.5 Å². The van der Waals surface area contributed by atoms with Gasteiger partial charge in [0.1, 0.15) is 5.82 Å². The van der Waals surface area contributed by atoms with Crippen LogP contribution in [0.2, 0.25) is 0 Å². The summed E-state index contributed by atoms with van der Waals surface area (Å²) in [5, 5.41) is 0.463. The number of carbonyl (C=O) groups excluding carboxylic acids is 1. The van der Waals surface area contributed by atoms with Crippen molar-refractivity contribution >= 4 is 32.7 Å². The van der Waals surface area contributed by atoms with Gasteiger partial charge < -0.3 is 4.90 Å². The maximum atomic E-state index is 13.1. The zero-order valence-corrected chi connectivity index (χ0v) is 17.5. The lowest BCUT2D eigenvalue weighted by Gasteiger charge is -2.24. The topological polar surface area (TPSA) is 66.8 Å². The van der Waals surface area contributed by atoms with E-state index in [0.29, 0.717) is 17.3 Å². The number of fused-ring (bicyclic) bond motifs is 1. The first-order chi connectivity index (χ1) is 13.8. The second-order valence-corrected chi connectivity index (χ2v) is 10.9. The smallest absolute Gasteiger partial charge is 0.252 e. The molecule has 2 aliphatic rings. The van der Waals surface area contributed by atoms with Gasteiger partial charge in [-0.25, -0.2) is 12.8 Å². The van der Waals surface area contributed by atoms with Gasteiger partial charge in [-0.05, 0) is 30.2 Å². The van der Waals surface area contributed by atoms with E-state index in [2.05, 4.69) is 4.99 Å². The van der Waals surface area contributed by atoms with E-state index in [1.165, 1.54) is 23.9 Å². The van der Waals surface area contributed by atoms with Gasteiger partial charge in [0, 0.05) is 11.8 Å². The van der Waals surface area contributed by atoms with Crippen LogP contribution in [0, 0.1) is 12.7 Å². The number of halogens is 1. The molecule has 29 heavy (non-hydrogen) atoms. The van der Waals surface area contributed by atoms with E-state index >= 15 is 0 Å². The molecule has 2 unspecified atom stereocenters. The molecular formula is C21H21FN2O3S2. The number of thioether (sulfide) groups is 1. The van der Waals surface area contributed by atoms with Crippen LogP contribution in [-0.4, -0.2) is 47.2 Å². The van der Waals surface area contributed by atoms with E-state index in [4.69, 9.17) is 0 Å². The molecule has 0 aliphatic carbocycles. The molecule has 2 aromatic carbocycles. The lowest BCUT2D eigenvalue weighted by atomic mass is 10.1. The molecule has 1 amide bonds. The molecule has 5 nitrogen and oxygen atoms in total. The number of sulfone groups is 1. The lowest BCUT2D eigenvalue weighted by Crippen LogP contribution is -2.37. The maximum absolute atomic E-state index is 13.1. The number of amides is 1. The predicted molar refractivity (Wildman–Crippen MR) is 113 cm³/mol. The normalized spacial score (nSPS) is 24.1. The Morgan fingerprint density at radius 3 is 2.45 bits per heavy atom. The fourth-order valence-corrected chi connectivity index (χ4v) is 7.60. The van der Waals surface area contributed by atoms with Gasteiger partial charge in [0.2, 0.25) is 0 Å². The van der Waals surface area contributed by atoms with Gasteiger partial charge in [0.25, 0.3) is 5.91 Å². The standard InChI is InChI=1S/C21H21FN2O3S2/c1-14-2-4-16(5-3-14)11-24-18-12-29(26,27)13-19(18)28-21(24)23-20(25)10-15-6-8-17(22)9-7-15/h2-9,18-19H,10-13H2,1H3. The molecule has 0 radical (unpaired) electrons. The number of benzene rings is 2. The number of hydrogen-bond donors (Lipinski definition) is 0. The van der Waals surface area contributed by atoms with E-state index in [9.17, 15) is 17.6 Å². The van der Waals surface area contributed by atoms with Crippen molar-refractivity contribution < 1.29 is 17.6 Å². The molecule has 2 fully saturated rings. The number of aryl methyl sites for hydroxylation is 1.